The van der Waals surface area contributed by atoms with Gasteiger partial charge in [-0.05, 0) is 96.6 Å². The molecule has 3 aromatic carbocycles. The number of carbonyl (C=O) groups is 1. The highest BCUT2D eigenvalue weighted by Gasteiger charge is 2.22. The van der Waals surface area contributed by atoms with Gasteiger partial charge in [-0.25, -0.2) is 0 Å². The van der Waals surface area contributed by atoms with Crippen molar-refractivity contribution in [2.45, 2.75) is 90.4 Å². The van der Waals surface area contributed by atoms with Gasteiger partial charge in [0.05, 0.1) is 5.92 Å². The molecule has 2 nitrogen and oxygen atoms in total. The van der Waals surface area contributed by atoms with E-state index in [9.17, 15) is 9.90 Å². The van der Waals surface area contributed by atoms with Gasteiger partial charge in [0, 0.05) is 0 Å². The molecule has 0 saturated heterocycles. The van der Waals surface area contributed by atoms with Gasteiger partial charge in [-0.1, -0.05) is 106 Å². The van der Waals surface area contributed by atoms with Crippen molar-refractivity contribution in [3.05, 3.63) is 83.9 Å². The van der Waals surface area contributed by atoms with Crippen LogP contribution in [-0.4, -0.2) is 11.1 Å². The van der Waals surface area contributed by atoms with Crippen LogP contribution in [0.4, 0.5) is 0 Å². The van der Waals surface area contributed by atoms with Crippen LogP contribution in [-0.2, 0) is 11.2 Å². The third kappa shape index (κ3) is 7.34. The molecular weight excluding hydrogens is 452 g/mol. The quantitative estimate of drug-likeness (QED) is 0.271. The Morgan fingerprint density at radius 3 is 1.95 bits per heavy atom. The van der Waals surface area contributed by atoms with Crippen molar-refractivity contribution >= 4 is 5.97 Å². The number of hydrogen-bond acceptors (Lipinski definition) is 1. The molecule has 0 bridgehead atoms. The van der Waals surface area contributed by atoms with E-state index in [0.717, 1.165) is 31.1 Å². The average Bonchev–Trinajstić information content (AvgIpc) is 2.95. The molecule has 37 heavy (non-hydrogen) atoms. The van der Waals surface area contributed by atoms with Crippen LogP contribution in [0.3, 0.4) is 0 Å². The number of rotatable bonds is 12. The Hall–Kier alpha value is -2.87. The molecule has 2 heteroatoms. The maximum atomic E-state index is 11.3. The van der Waals surface area contributed by atoms with Crippen molar-refractivity contribution in [3.8, 4) is 22.3 Å². The minimum Gasteiger partial charge on any atom is -0.481 e. The van der Waals surface area contributed by atoms with Gasteiger partial charge in [-0.15, -0.1) is 0 Å². The van der Waals surface area contributed by atoms with Crippen LogP contribution in [0.5, 0.6) is 0 Å². The standard InChI is InChI=1S/C35H44O2/c1-3-5-9-26-14-18-29(19-15-26)30-22-24-32(25-23-30)34-13-7-6-12-33(34)31-20-16-27(17-21-31)10-8-11-28(4-2)35(36)37/h6-7,12-13,16-17,20-26,28-29H,3-5,8-11,14-15,18-19H2,1-2H3,(H,36,37)/t26-,28?,29-. The van der Waals surface area contributed by atoms with Crippen molar-refractivity contribution < 1.29 is 9.90 Å². The molecule has 0 heterocycles. The van der Waals surface area contributed by atoms with Crippen LogP contribution < -0.4 is 0 Å². The molecule has 196 valence electrons. The minimum atomic E-state index is -0.669. The maximum Gasteiger partial charge on any atom is 0.306 e. The number of aliphatic carboxylic acids is 1. The second kappa shape index (κ2) is 13.6. The summed E-state index contributed by atoms with van der Waals surface area (Å²) >= 11 is 0. The lowest BCUT2D eigenvalue weighted by molar-refractivity contribution is -0.142. The lowest BCUT2D eigenvalue weighted by Crippen LogP contribution is -2.13. The Labute approximate surface area is 224 Å². The van der Waals surface area contributed by atoms with E-state index in [1.807, 2.05) is 6.92 Å². The van der Waals surface area contributed by atoms with E-state index in [1.165, 1.54) is 78.3 Å². The van der Waals surface area contributed by atoms with Crippen molar-refractivity contribution in [1.29, 1.82) is 0 Å². The SMILES string of the molecule is CCCC[C@H]1CC[C@H](c2ccc(-c3ccccc3-c3ccc(CCCC(CC)C(=O)O)cc3)cc2)CC1. The van der Waals surface area contributed by atoms with Gasteiger partial charge >= 0.3 is 5.97 Å². The molecule has 0 radical (unpaired) electrons. The largest absolute Gasteiger partial charge is 0.481 e. The first-order valence-electron chi connectivity index (χ1n) is 14.6. The highest BCUT2D eigenvalue weighted by atomic mass is 16.4. The molecule has 3 aromatic rings. The normalized spacial score (nSPS) is 18.4. The van der Waals surface area contributed by atoms with Gasteiger partial charge in [-0.2, -0.15) is 0 Å². The lowest BCUT2D eigenvalue weighted by atomic mass is 9.77. The molecule has 1 aliphatic rings. The van der Waals surface area contributed by atoms with Gasteiger partial charge in [-0.3, -0.25) is 4.79 Å². The van der Waals surface area contributed by atoms with Gasteiger partial charge in [0.15, 0.2) is 0 Å². The van der Waals surface area contributed by atoms with Gasteiger partial charge in [0.1, 0.15) is 0 Å². The van der Waals surface area contributed by atoms with Crippen molar-refractivity contribution in [1.82, 2.24) is 0 Å². The predicted molar refractivity (Wildman–Crippen MR) is 156 cm³/mol. The summed E-state index contributed by atoms with van der Waals surface area (Å²) < 4.78 is 0. The summed E-state index contributed by atoms with van der Waals surface area (Å²) in [5.74, 6) is 0.778. The first kappa shape index (κ1) is 27.2. The summed E-state index contributed by atoms with van der Waals surface area (Å²) in [6.45, 7) is 4.26. The Balaban J connectivity index is 1.40. The first-order valence-corrected chi connectivity index (χ1v) is 14.6. The maximum absolute atomic E-state index is 11.3. The Morgan fingerprint density at radius 2 is 1.41 bits per heavy atom. The van der Waals surface area contributed by atoms with Crippen molar-refractivity contribution in [3.63, 3.8) is 0 Å². The Morgan fingerprint density at radius 1 is 0.811 bits per heavy atom. The number of carboxylic acid groups (broad SMARTS) is 1. The smallest absolute Gasteiger partial charge is 0.306 e. The van der Waals surface area contributed by atoms with E-state index >= 15 is 0 Å². The molecule has 0 amide bonds. The second-order valence-electron chi connectivity index (χ2n) is 11.1. The van der Waals surface area contributed by atoms with Gasteiger partial charge in [0.2, 0.25) is 0 Å². The summed E-state index contributed by atoms with van der Waals surface area (Å²) in [4.78, 5) is 11.3. The lowest BCUT2D eigenvalue weighted by Gasteiger charge is -2.29. The van der Waals surface area contributed by atoms with Crippen LogP contribution in [0.25, 0.3) is 22.3 Å². The highest BCUT2D eigenvalue weighted by molar-refractivity contribution is 5.83. The average molecular weight is 497 g/mol. The van der Waals surface area contributed by atoms with Crippen molar-refractivity contribution in [2.75, 3.05) is 0 Å². The summed E-state index contributed by atoms with van der Waals surface area (Å²) in [6, 6.07) is 26.9. The third-order valence-electron chi connectivity index (χ3n) is 8.56. The van der Waals surface area contributed by atoms with E-state index in [-0.39, 0.29) is 5.92 Å². The van der Waals surface area contributed by atoms with Crippen LogP contribution >= 0.6 is 0 Å². The number of unbranched alkanes of at least 4 members (excludes halogenated alkanes) is 1. The number of hydrogen-bond donors (Lipinski definition) is 1. The van der Waals surface area contributed by atoms with Gasteiger partial charge < -0.3 is 5.11 Å². The fourth-order valence-corrected chi connectivity index (χ4v) is 6.10. The molecule has 4 rings (SSSR count). The summed E-state index contributed by atoms with van der Waals surface area (Å²) in [7, 11) is 0. The molecular formula is C35H44O2. The zero-order chi connectivity index (χ0) is 26.0. The van der Waals surface area contributed by atoms with E-state index in [0.29, 0.717) is 6.42 Å². The fourth-order valence-electron chi connectivity index (χ4n) is 6.10. The number of carboxylic acids is 1. The molecule has 0 spiro atoms. The van der Waals surface area contributed by atoms with E-state index in [1.54, 1.807) is 0 Å². The zero-order valence-corrected chi connectivity index (χ0v) is 22.8. The van der Waals surface area contributed by atoms with Crippen LogP contribution in [0.2, 0.25) is 0 Å². The van der Waals surface area contributed by atoms with Crippen LogP contribution in [0.1, 0.15) is 95.1 Å². The topological polar surface area (TPSA) is 37.3 Å². The highest BCUT2D eigenvalue weighted by Crippen LogP contribution is 2.39. The zero-order valence-electron chi connectivity index (χ0n) is 22.8. The molecule has 1 unspecified atom stereocenters. The molecule has 1 saturated carbocycles. The van der Waals surface area contributed by atoms with Crippen molar-refractivity contribution in [2.24, 2.45) is 11.8 Å². The Kier molecular flexibility index (Phi) is 9.99. The van der Waals surface area contributed by atoms with E-state index < -0.39 is 5.97 Å². The second-order valence-corrected chi connectivity index (χ2v) is 11.1. The molecule has 1 N–H and O–H groups in total. The molecule has 1 atom stereocenters. The number of aryl methyl sites for hydroxylation is 1. The molecule has 1 fully saturated rings. The van der Waals surface area contributed by atoms with Crippen LogP contribution in [0, 0.1) is 11.8 Å². The summed E-state index contributed by atoms with van der Waals surface area (Å²) in [5.41, 5.74) is 7.82. The monoisotopic (exact) mass is 496 g/mol. The first-order chi connectivity index (χ1) is 18.1. The van der Waals surface area contributed by atoms with Gasteiger partial charge in [0.25, 0.3) is 0 Å². The fraction of sp³-hybridized carbons (Fsp3) is 0.457. The number of benzene rings is 3. The third-order valence-corrected chi connectivity index (χ3v) is 8.56. The Bertz CT molecular complexity index is 1100. The summed E-state index contributed by atoms with van der Waals surface area (Å²) in [5, 5.41) is 9.27. The van der Waals surface area contributed by atoms with E-state index in [4.69, 9.17) is 0 Å². The minimum absolute atomic E-state index is 0.224. The van der Waals surface area contributed by atoms with Crippen LogP contribution in [0.15, 0.2) is 72.8 Å². The summed E-state index contributed by atoms with van der Waals surface area (Å²) in [6.07, 6.45) is 12.9. The predicted octanol–water partition coefficient (Wildman–Crippen LogP) is 9.92. The molecule has 1 aliphatic carbocycles. The van der Waals surface area contributed by atoms with E-state index in [2.05, 4.69) is 79.7 Å². The molecule has 0 aromatic heterocycles. The molecule has 0 aliphatic heterocycles.